The first-order valence-corrected chi connectivity index (χ1v) is 12.0. The summed E-state index contributed by atoms with van der Waals surface area (Å²) < 4.78 is 21.2. The van der Waals surface area contributed by atoms with Gasteiger partial charge in [-0.15, -0.1) is 0 Å². The molecule has 0 radical (unpaired) electrons. The second-order valence-corrected chi connectivity index (χ2v) is 9.99. The second kappa shape index (κ2) is 8.22. The van der Waals surface area contributed by atoms with Crippen molar-refractivity contribution < 1.29 is 14.2 Å². The van der Waals surface area contributed by atoms with Crippen molar-refractivity contribution in [2.75, 3.05) is 24.7 Å². The number of nitrogens with two attached hydrogens (primary N) is 1. The van der Waals surface area contributed by atoms with Crippen LogP contribution in [0.5, 0.6) is 5.75 Å². The highest BCUT2D eigenvalue weighted by molar-refractivity contribution is 6.33. The van der Waals surface area contributed by atoms with Crippen molar-refractivity contribution in [2.45, 2.75) is 44.3 Å². The van der Waals surface area contributed by atoms with Gasteiger partial charge in [-0.25, -0.2) is 15.0 Å². The summed E-state index contributed by atoms with van der Waals surface area (Å²) >= 11 is 6.10. The van der Waals surface area contributed by atoms with Gasteiger partial charge in [-0.1, -0.05) is 11.6 Å². The number of halogens is 1. The number of hydrogen-bond donors (Lipinski definition) is 2. The second-order valence-electron chi connectivity index (χ2n) is 9.58. The lowest BCUT2D eigenvalue weighted by atomic mass is 10.1. The van der Waals surface area contributed by atoms with Crippen LogP contribution in [-0.4, -0.2) is 51.2 Å². The molecule has 1 aromatic carbocycles. The monoisotopic (exact) mass is 494 g/mol. The predicted molar refractivity (Wildman–Crippen MR) is 135 cm³/mol. The summed E-state index contributed by atoms with van der Waals surface area (Å²) in [5.41, 5.74) is 7.50. The quantitative estimate of drug-likeness (QED) is 0.419. The molecule has 1 aliphatic carbocycles. The van der Waals surface area contributed by atoms with E-state index in [1.54, 1.807) is 6.33 Å². The van der Waals surface area contributed by atoms with E-state index in [4.69, 9.17) is 31.5 Å². The Morgan fingerprint density at radius 1 is 1.20 bits per heavy atom. The Kier molecular flexibility index (Phi) is 5.24. The van der Waals surface area contributed by atoms with Crippen LogP contribution < -0.4 is 15.8 Å². The van der Waals surface area contributed by atoms with Crippen LogP contribution in [0.2, 0.25) is 5.02 Å². The number of anilines is 2. The highest BCUT2D eigenvalue weighted by Gasteiger charge is 2.55. The number of fused-ring (bicyclic) bond motifs is 3. The molecular formula is C25H27ClN6O3. The summed E-state index contributed by atoms with van der Waals surface area (Å²) in [6.07, 6.45) is 4.28. The summed E-state index contributed by atoms with van der Waals surface area (Å²) in [4.78, 5) is 13.3. The highest BCUT2D eigenvalue weighted by atomic mass is 35.5. The fourth-order valence-corrected chi connectivity index (χ4v) is 5.52. The molecule has 3 N–H and O–H groups in total. The van der Waals surface area contributed by atoms with Gasteiger partial charge in [0.2, 0.25) is 0 Å². The highest BCUT2D eigenvalue weighted by Crippen LogP contribution is 2.48. The third kappa shape index (κ3) is 3.84. The van der Waals surface area contributed by atoms with E-state index in [2.05, 4.69) is 31.0 Å². The molecule has 4 heterocycles. The molecule has 3 aromatic heterocycles. The van der Waals surface area contributed by atoms with Crippen LogP contribution in [0.3, 0.4) is 0 Å². The van der Waals surface area contributed by atoms with Crippen molar-refractivity contribution >= 4 is 45.2 Å². The molecule has 0 unspecified atom stereocenters. The summed E-state index contributed by atoms with van der Waals surface area (Å²) in [5.74, 6) is 1.31. The Morgan fingerprint density at radius 2 is 2.03 bits per heavy atom. The van der Waals surface area contributed by atoms with E-state index in [9.17, 15) is 0 Å². The van der Waals surface area contributed by atoms with Crippen molar-refractivity contribution in [1.29, 1.82) is 0 Å². The van der Waals surface area contributed by atoms with Crippen molar-refractivity contribution in [3.63, 3.8) is 0 Å². The molecule has 0 amide bonds. The fourth-order valence-electron chi connectivity index (χ4n) is 5.36. The molecule has 182 valence electrons. The van der Waals surface area contributed by atoms with Gasteiger partial charge in [0.25, 0.3) is 0 Å². The van der Waals surface area contributed by atoms with E-state index in [0.29, 0.717) is 17.4 Å². The van der Waals surface area contributed by atoms with E-state index in [0.717, 1.165) is 39.9 Å². The Labute approximate surface area is 207 Å². The number of pyridine rings is 1. The summed E-state index contributed by atoms with van der Waals surface area (Å²) in [5, 5.41) is 5.47. The number of hydrogen-bond acceptors (Lipinski definition) is 8. The number of ether oxygens (including phenoxy) is 3. The largest absolute Gasteiger partial charge is 0.493 e. The molecule has 10 heteroatoms. The first-order chi connectivity index (χ1) is 16.8. The van der Waals surface area contributed by atoms with E-state index < -0.39 is 5.79 Å². The molecule has 2 fully saturated rings. The third-order valence-corrected chi connectivity index (χ3v) is 7.19. The normalized spacial score (nSPS) is 25.3. The lowest BCUT2D eigenvalue weighted by Gasteiger charge is -2.24. The van der Waals surface area contributed by atoms with Crippen LogP contribution in [0.15, 0.2) is 42.9 Å². The summed E-state index contributed by atoms with van der Waals surface area (Å²) in [6, 6.07) is 9.66. The summed E-state index contributed by atoms with van der Waals surface area (Å²) in [7, 11) is 1.86. The van der Waals surface area contributed by atoms with Crippen molar-refractivity contribution in [3.8, 4) is 5.75 Å². The van der Waals surface area contributed by atoms with Gasteiger partial charge in [0.05, 0.1) is 34.7 Å². The van der Waals surface area contributed by atoms with Crippen LogP contribution in [0.1, 0.15) is 26.3 Å². The Balaban J connectivity index is 1.27. The minimum absolute atomic E-state index is 0.0627. The van der Waals surface area contributed by atoms with Crippen LogP contribution in [-0.2, 0) is 9.47 Å². The third-order valence-electron chi connectivity index (χ3n) is 6.89. The molecule has 2 aliphatic rings. The molecule has 1 aliphatic heterocycles. The zero-order chi connectivity index (χ0) is 24.3. The van der Waals surface area contributed by atoms with E-state index >= 15 is 0 Å². The maximum atomic E-state index is 6.38. The lowest BCUT2D eigenvalue weighted by molar-refractivity contribution is -0.161. The molecule has 0 bridgehead atoms. The van der Waals surface area contributed by atoms with E-state index in [1.807, 2.05) is 51.2 Å². The van der Waals surface area contributed by atoms with Crippen molar-refractivity contribution in [2.24, 2.45) is 5.92 Å². The topological polar surface area (TPSA) is 109 Å². The molecule has 0 spiro atoms. The lowest BCUT2D eigenvalue weighted by Crippen LogP contribution is -2.29. The molecule has 1 saturated carbocycles. The van der Waals surface area contributed by atoms with Gasteiger partial charge in [-0.05, 0) is 44.5 Å². The molecule has 35 heavy (non-hydrogen) atoms. The van der Waals surface area contributed by atoms with Gasteiger partial charge >= 0.3 is 0 Å². The van der Waals surface area contributed by atoms with Crippen LogP contribution in [0.4, 0.5) is 11.6 Å². The standard InChI is InChI=1S/C25H27ClN6O3/c1-25(2)34-20-14(11-33-15-5-4-13-8-17(26)22(27)31-18(13)10-15)9-19(21(20)35-25)32-7-6-16-23(28-3)29-12-30-24(16)32/h4-8,10,12,14,19-21H,9,11H2,1-3H3,(H2,27,31)(H,28,29,30)/t14-,19-,20-,21+/m1/s1. The van der Waals surface area contributed by atoms with Gasteiger partial charge in [0.15, 0.2) is 5.79 Å². The van der Waals surface area contributed by atoms with E-state index in [1.165, 1.54) is 0 Å². The molecule has 4 atom stereocenters. The first-order valence-electron chi connectivity index (χ1n) is 11.7. The van der Waals surface area contributed by atoms with Crippen LogP contribution in [0, 0.1) is 5.92 Å². The number of nitrogens with one attached hydrogen (secondary N) is 1. The summed E-state index contributed by atoms with van der Waals surface area (Å²) in [6.45, 7) is 4.40. The molecule has 1 saturated heterocycles. The maximum absolute atomic E-state index is 6.38. The smallest absolute Gasteiger partial charge is 0.163 e. The number of aromatic nitrogens is 4. The molecule has 6 rings (SSSR count). The average molecular weight is 495 g/mol. The zero-order valence-corrected chi connectivity index (χ0v) is 20.5. The minimum Gasteiger partial charge on any atom is -0.493 e. The number of benzene rings is 1. The van der Waals surface area contributed by atoms with E-state index in [-0.39, 0.29) is 24.2 Å². The molecular weight excluding hydrogens is 468 g/mol. The van der Waals surface area contributed by atoms with Gasteiger partial charge in [-0.2, -0.15) is 0 Å². The molecule has 4 aromatic rings. The minimum atomic E-state index is -0.663. The molecule has 9 nitrogen and oxygen atoms in total. The Morgan fingerprint density at radius 3 is 2.86 bits per heavy atom. The zero-order valence-electron chi connectivity index (χ0n) is 19.7. The van der Waals surface area contributed by atoms with Gasteiger partial charge in [0, 0.05) is 30.6 Å². The Hall–Kier alpha value is -3.14. The van der Waals surface area contributed by atoms with Crippen molar-refractivity contribution in [1.82, 2.24) is 19.5 Å². The Bertz CT molecular complexity index is 1420. The fraction of sp³-hybridized carbons (Fsp3) is 0.400. The maximum Gasteiger partial charge on any atom is 0.163 e. The van der Waals surface area contributed by atoms with Crippen molar-refractivity contribution in [3.05, 3.63) is 47.9 Å². The average Bonchev–Trinajstić information content (AvgIpc) is 3.49. The number of nitrogen functional groups attached to an aromatic ring is 1. The van der Waals surface area contributed by atoms with Gasteiger partial charge < -0.3 is 29.8 Å². The SMILES string of the molecule is CNc1ncnc2c1ccn2[C@@H]1C[C@H](COc2ccc3cc(Cl)c(N)nc3c2)[C@H]2OC(C)(C)O[C@H]21. The number of rotatable bonds is 5. The predicted octanol–water partition coefficient (Wildman–Crippen LogP) is 4.42. The van der Waals surface area contributed by atoms with Crippen LogP contribution >= 0.6 is 11.6 Å². The van der Waals surface area contributed by atoms with Gasteiger partial charge in [0.1, 0.15) is 35.5 Å². The van der Waals surface area contributed by atoms with Gasteiger partial charge in [-0.3, -0.25) is 0 Å². The van der Waals surface area contributed by atoms with Crippen LogP contribution in [0.25, 0.3) is 21.9 Å². The first kappa shape index (κ1) is 22.3. The number of nitrogens with zero attached hydrogens (tertiary/aromatic N) is 4.